The summed E-state index contributed by atoms with van der Waals surface area (Å²) in [7, 11) is 0. The Bertz CT molecular complexity index is 1070. The number of hydrogen-bond acceptors (Lipinski definition) is 3. The van der Waals surface area contributed by atoms with Gasteiger partial charge in [-0.05, 0) is 54.1 Å². The van der Waals surface area contributed by atoms with Crippen LogP contribution in [-0.4, -0.2) is 45.3 Å². The van der Waals surface area contributed by atoms with Gasteiger partial charge in [-0.15, -0.1) is 11.3 Å². The van der Waals surface area contributed by atoms with Gasteiger partial charge in [-0.1, -0.05) is 18.2 Å². The molecule has 0 bridgehead atoms. The molecule has 2 amide bonds. The highest BCUT2D eigenvalue weighted by atomic mass is 32.1. The molecule has 3 heterocycles. The standard InChI is InChI=1S/C23H22FN3O2S/c24-17-5-1-4-16(14-17)22-19-6-2-10-25(19)11-12-26(22)21(28)15-27(18-8-9-18)23(29)20-7-3-13-30-20/h1-7,10,13-14,18,22H,8-9,11-12,15H2. The average molecular weight is 424 g/mol. The van der Waals surface area contributed by atoms with Crippen molar-refractivity contribution < 1.29 is 14.0 Å². The summed E-state index contributed by atoms with van der Waals surface area (Å²) in [5, 5.41) is 1.87. The van der Waals surface area contributed by atoms with Crippen molar-refractivity contribution in [3.63, 3.8) is 0 Å². The van der Waals surface area contributed by atoms with Crippen LogP contribution in [0.2, 0.25) is 0 Å². The van der Waals surface area contributed by atoms with E-state index < -0.39 is 0 Å². The molecule has 0 radical (unpaired) electrons. The quantitative estimate of drug-likeness (QED) is 0.624. The molecule has 1 atom stereocenters. The van der Waals surface area contributed by atoms with Crippen molar-refractivity contribution in [2.75, 3.05) is 13.1 Å². The first-order valence-corrected chi connectivity index (χ1v) is 11.0. The molecule has 1 aromatic carbocycles. The number of nitrogens with zero attached hydrogens (tertiary/aromatic N) is 3. The maximum atomic E-state index is 14.0. The van der Waals surface area contributed by atoms with E-state index in [-0.39, 0.29) is 36.3 Å². The molecule has 1 unspecified atom stereocenters. The number of benzene rings is 1. The van der Waals surface area contributed by atoms with Gasteiger partial charge in [0.25, 0.3) is 5.91 Å². The first-order chi connectivity index (χ1) is 14.6. The summed E-state index contributed by atoms with van der Waals surface area (Å²) < 4.78 is 16.1. The molecule has 1 aliphatic carbocycles. The highest BCUT2D eigenvalue weighted by Crippen LogP contribution is 2.34. The van der Waals surface area contributed by atoms with Crippen molar-refractivity contribution in [3.8, 4) is 0 Å². The predicted octanol–water partition coefficient (Wildman–Crippen LogP) is 3.93. The molecular weight excluding hydrogens is 401 g/mol. The van der Waals surface area contributed by atoms with Gasteiger partial charge in [0.1, 0.15) is 12.4 Å². The van der Waals surface area contributed by atoms with Gasteiger partial charge in [0.15, 0.2) is 0 Å². The number of hydrogen-bond donors (Lipinski definition) is 0. The first-order valence-electron chi connectivity index (χ1n) is 10.2. The zero-order chi connectivity index (χ0) is 20.7. The third kappa shape index (κ3) is 3.54. The van der Waals surface area contributed by atoms with E-state index in [1.807, 2.05) is 35.8 Å². The predicted molar refractivity (Wildman–Crippen MR) is 113 cm³/mol. The van der Waals surface area contributed by atoms with Gasteiger partial charge >= 0.3 is 0 Å². The molecule has 5 rings (SSSR count). The SMILES string of the molecule is O=C(c1cccs1)N(CC(=O)N1CCn2cccc2C1c1cccc(F)c1)C1CC1. The van der Waals surface area contributed by atoms with Crippen LogP contribution in [0.5, 0.6) is 0 Å². The summed E-state index contributed by atoms with van der Waals surface area (Å²) in [5.41, 5.74) is 1.70. The molecule has 2 aliphatic rings. The summed E-state index contributed by atoms with van der Waals surface area (Å²) >= 11 is 1.40. The minimum Gasteiger partial charge on any atom is -0.348 e. The van der Waals surface area contributed by atoms with Gasteiger partial charge in [0.2, 0.25) is 5.91 Å². The average Bonchev–Trinajstić information content (AvgIpc) is 3.24. The lowest BCUT2D eigenvalue weighted by Crippen LogP contribution is -2.48. The fourth-order valence-electron chi connectivity index (χ4n) is 4.21. The Morgan fingerprint density at radius 3 is 2.70 bits per heavy atom. The number of amides is 2. The Morgan fingerprint density at radius 1 is 1.10 bits per heavy atom. The Morgan fingerprint density at radius 2 is 1.97 bits per heavy atom. The van der Waals surface area contributed by atoms with Crippen molar-refractivity contribution in [1.29, 1.82) is 0 Å². The van der Waals surface area contributed by atoms with E-state index in [1.54, 1.807) is 21.9 Å². The van der Waals surface area contributed by atoms with Crippen LogP contribution in [0.1, 0.15) is 39.8 Å². The normalized spacial score (nSPS) is 18.2. The fraction of sp³-hybridized carbons (Fsp3) is 0.304. The number of halogens is 1. The molecule has 3 aromatic rings. The van der Waals surface area contributed by atoms with E-state index in [0.717, 1.165) is 24.1 Å². The van der Waals surface area contributed by atoms with Crippen molar-refractivity contribution >= 4 is 23.2 Å². The first kappa shape index (κ1) is 19.1. The molecule has 1 fully saturated rings. The van der Waals surface area contributed by atoms with E-state index >= 15 is 0 Å². The Labute approximate surface area is 178 Å². The number of thiophene rings is 1. The molecule has 7 heteroatoms. The highest BCUT2D eigenvalue weighted by molar-refractivity contribution is 7.12. The summed E-state index contributed by atoms with van der Waals surface area (Å²) in [6.07, 6.45) is 3.85. The number of fused-ring (bicyclic) bond motifs is 1. The lowest BCUT2D eigenvalue weighted by Gasteiger charge is -2.38. The molecule has 1 aliphatic heterocycles. The Hall–Kier alpha value is -2.93. The van der Waals surface area contributed by atoms with Crippen LogP contribution in [0, 0.1) is 5.82 Å². The van der Waals surface area contributed by atoms with Crippen LogP contribution >= 0.6 is 11.3 Å². The summed E-state index contributed by atoms with van der Waals surface area (Å²) in [5.74, 6) is -0.506. The zero-order valence-corrected chi connectivity index (χ0v) is 17.2. The number of carbonyl (C=O) groups is 2. The summed E-state index contributed by atoms with van der Waals surface area (Å²) in [6, 6.07) is 13.8. The molecule has 0 saturated heterocycles. The second-order valence-corrected chi connectivity index (χ2v) is 8.76. The second-order valence-electron chi connectivity index (χ2n) is 7.81. The molecule has 1 saturated carbocycles. The van der Waals surface area contributed by atoms with E-state index in [0.29, 0.717) is 18.0 Å². The van der Waals surface area contributed by atoms with Gasteiger partial charge in [0, 0.05) is 31.0 Å². The van der Waals surface area contributed by atoms with Crippen LogP contribution < -0.4 is 0 Å². The second kappa shape index (κ2) is 7.72. The van der Waals surface area contributed by atoms with Crippen molar-refractivity contribution in [3.05, 3.63) is 82.1 Å². The fourth-order valence-corrected chi connectivity index (χ4v) is 4.89. The monoisotopic (exact) mass is 423 g/mol. The van der Waals surface area contributed by atoms with E-state index in [1.165, 1.54) is 23.5 Å². The van der Waals surface area contributed by atoms with Gasteiger partial charge < -0.3 is 14.4 Å². The van der Waals surface area contributed by atoms with Crippen LogP contribution in [0.3, 0.4) is 0 Å². The van der Waals surface area contributed by atoms with Crippen molar-refractivity contribution in [2.24, 2.45) is 0 Å². The maximum Gasteiger partial charge on any atom is 0.264 e. The molecule has 154 valence electrons. The lowest BCUT2D eigenvalue weighted by atomic mass is 9.99. The number of aromatic nitrogens is 1. The molecule has 30 heavy (non-hydrogen) atoms. The molecule has 0 spiro atoms. The number of carbonyl (C=O) groups excluding carboxylic acids is 2. The minimum atomic E-state index is -0.366. The van der Waals surface area contributed by atoms with E-state index in [4.69, 9.17) is 0 Å². The van der Waals surface area contributed by atoms with Crippen molar-refractivity contribution in [2.45, 2.75) is 31.5 Å². The van der Waals surface area contributed by atoms with E-state index in [9.17, 15) is 14.0 Å². The lowest BCUT2D eigenvalue weighted by molar-refractivity contribution is -0.134. The molecule has 2 aromatic heterocycles. The minimum absolute atomic E-state index is 0.0495. The molecule has 5 nitrogen and oxygen atoms in total. The molecule has 0 N–H and O–H groups in total. The van der Waals surface area contributed by atoms with Crippen LogP contribution in [0.15, 0.2) is 60.1 Å². The Balaban J connectivity index is 1.44. The van der Waals surface area contributed by atoms with Gasteiger partial charge in [0.05, 0.1) is 10.9 Å². The smallest absolute Gasteiger partial charge is 0.264 e. The largest absolute Gasteiger partial charge is 0.348 e. The van der Waals surface area contributed by atoms with Crippen LogP contribution in [-0.2, 0) is 11.3 Å². The van der Waals surface area contributed by atoms with Gasteiger partial charge in [-0.3, -0.25) is 9.59 Å². The molecular formula is C23H22FN3O2S. The Kier molecular flexibility index (Phi) is 4.90. The van der Waals surface area contributed by atoms with Crippen LogP contribution in [0.25, 0.3) is 0 Å². The number of rotatable bonds is 5. The van der Waals surface area contributed by atoms with Crippen molar-refractivity contribution in [1.82, 2.24) is 14.4 Å². The highest BCUT2D eigenvalue weighted by Gasteiger charge is 2.38. The third-order valence-corrected chi connectivity index (χ3v) is 6.67. The third-order valence-electron chi connectivity index (χ3n) is 5.81. The zero-order valence-electron chi connectivity index (χ0n) is 16.4. The topological polar surface area (TPSA) is 45.6 Å². The maximum absolute atomic E-state index is 14.0. The summed E-state index contributed by atoms with van der Waals surface area (Å²) in [4.78, 5) is 30.6. The van der Waals surface area contributed by atoms with E-state index in [2.05, 4.69) is 4.57 Å². The summed E-state index contributed by atoms with van der Waals surface area (Å²) in [6.45, 7) is 1.25. The van der Waals surface area contributed by atoms with Gasteiger partial charge in [-0.25, -0.2) is 4.39 Å². The van der Waals surface area contributed by atoms with Crippen LogP contribution in [0.4, 0.5) is 4.39 Å². The van der Waals surface area contributed by atoms with Gasteiger partial charge in [-0.2, -0.15) is 0 Å².